The van der Waals surface area contributed by atoms with Crippen LogP contribution in [0.4, 0.5) is 0 Å². The summed E-state index contributed by atoms with van der Waals surface area (Å²) in [7, 11) is 0. The molecule has 0 N–H and O–H groups in total. The zero-order valence-corrected chi connectivity index (χ0v) is 11.1. The molecule has 15 heavy (non-hydrogen) atoms. The van der Waals surface area contributed by atoms with Gasteiger partial charge in [-0.25, -0.2) is 0 Å². The van der Waals surface area contributed by atoms with E-state index in [1.54, 1.807) is 0 Å². The number of ether oxygens (including phenoxy) is 1. The fourth-order valence-electron chi connectivity index (χ4n) is 1.31. The van der Waals surface area contributed by atoms with Crippen LogP contribution in [0.15, 0.2) is 24.3 Å². The van der Waals surface area contributed by atoms with E-state index in [1.807, 2.05) is 0 Å². The zero-order valence-electron chi connectivity index (χ0n) is 9.50. The number of hydrogen-bond donors (Lipinski definition) is 0. The molecule has 0 radical (unpaired) electrons. The van der Waals surface area contributed by atoms with Crippen LogP contribution < -0.4 is 4.74 Å². The average Bonchev–Trinajstić information content (AvgIpc) is 2.31. The number of aryl methyl sites for hydroxylation is 1. The first kappa shape index (κ1) is 12.6. The Morgan fingerprint density at radius 3 is 2.33 bits per heavy atom. The number of alkyl halides is 1. The second kappa shape index (κ2) is 6.89. The van der Waals surface area contributed by atoms with Crippen LogP contribution in [0, 0.1) is 5.92 Å². The van der Waals surface area contributed by atoms with Crippen LogP contribution >= 0.6 is 15.9 Å². The third-order valence-electron chi connectivity index (χ3n) is 2.61. The van der Waals surface area contributed by atoms with Crippen molar-refractivity contribution in [2.45, 2.75) is 26.7 Å². The number of benzene rings is 1. The standard InChI is InChI=1S/C13H19BrO/c1-3-11-5-7-13(8-6-11)15-10-12(4-2)9-14/h5-8,12H,3-4,9-10H2,1-2H3. The normalized spacial score (nSPS) is 12.5. The molecular formula is C13H19BrO. The van der Waals surface area contributed by atoms with Gasteiger partial charge in [0.1, 0.15) is 5.75 Å². The largest absolute Gasteiger partial charge is 0.493 e. The van der Waals surface area contributed by atoms with Crippen molar-refractivity contribution in [1.29, 1.82) is 0 Å². The molecule has 0 aliphatic carbocycles. The van der Waals surface area contributed by atoms with Gasteiger partial charge in [-0.3, -0.25) is 0 Å². The summed E-state index contributed by atoms with van der Waals surface area (Å²) in [4.78, 5) is 0. The number of rotatable bonds is 6. The second-order valence-electron chi connectivity index (χ2n) is 3.74. The molecule has 0 heterocycles. The molecule has 1 aromatic carbocycles. The summed E-state index contributed by atoms with van der Waals surface area (Å²) in [5.41, 5.74) is 1.36. The maximum absolute atomic E-state index is 5.72. The van der Waals surface area contributed by atoms with Gasteiger partial charge in [0.15, 0.2) is 0 Å². The molecule has 1 aromatic rings. The minimum atomic E-state index is 0.607. The summed E-state index contributed by atoms with van der Waals surface area (Å²) >= 11 is 3.49. The lowest BCUT2D eigenvalue weighted by Crippen LogP contribution is -2.12. The molecule has 0 fully saturated rings. The molecule has 2 heteroatoms. The maximum Gasteiger partial charge on any atom is 0.119 e. The summed E-state index contributed by atoms with van der Waals surface area (Å²) in [5, 5.41) is 1.01. The molecule has 1 rings (SSSR count). The number of halogens is 1. The molecule has 0 bridgehead atoms. The Labute approximate surface area is 101 Å². The van der Waals surface area contributed by atoms with Gasteiger partial charge in [0.05, 0.1) is 6.61 Å². The summed E-state index contributed by atoms with van der Waals surface area (Å²) in [6.45, 7) is 5.15. The van der Waals surface area contributed by atoms with E-state index in [-0.39, 0.29) is 0 Å². The number of hydrogen-bond acceptors (Lipinski definition) is 1. The van der Waals surface area contributed by atoms with Crippen LogP contribution in [0.5, 0.6) is 5.75 Å². The van der Waals surface area contributed by atoms with Crippen molar-refractivity contribution in [1.82, 2.24) is 0 Å². The van der Waals surface area contributed by atoms with E-state index in [0.29, 0.717) is 5.92 Å². The minimum Gasteiger partial charge on any atom is -0.493 e. The van der Waals surface area contributed by atoms with Crippen molar-refractivity contribution in [3.8, 4) is 5.75 Å². The van der Waals surface area contributed by atoms with Gasteiger partial charge in [-0.2, -0.15) is 0 Å². The topological polar surface area (TPSA) is 9.23 Å². The van der Waals surface area contributed by atoms with Gasteiger partial charge >= 0.3 is 0 Å². The predicted molar refractivity (Wildman–Crippen MR) is 68.9 cm³/mol. The van der Waals surface area contributed by atoms with Gasteiger partial charge in [0.2, 0.25) is 0 Å². The van der Waals surface area contributed by atoms with E-state index < -0.39 is 0 Å². The first-order valence-corrected chi connectivity index (χ1v) is 6.70. The molecule has 1 unspecified atom stereocenters. The molecule has 0 saturated carbocycles. The fourth-order valence-corrected chi connectivity index (χ4v) is 1.95. The Bertz CT molecular complexity index is 264. The van der Waals surface area contributed by atoms with Crippen LogP contribution in [0.1, 0.15) is 25.8 Å². The van der Waals surface area contributed by atoms with Crippen molar-refractivity contribution >= 4 is 15.9 Å². The van der Waals surface area contributed by atoms with E-state index in [1.165, 1.54) is 5.56 Å². The maximum atomic E-state index is 5.72. The molecule has 0 aromatic heterocycles. The second-order valence-corrected chi connectivity index (χ2v) is 4.38. The highest BCUT2D eigenvalue weighted by molar-refractivity contribution is 9.09. The highest BCUT2D eigenvalue weighted by Gasteiger charge is 2.04. The average molecular weight is 271 g/mol. The Hall–Kier alpha value is -0.500. The highest BCUT2D eigenvalue weighted by Crippen LogP contribution is 2.15. The molecule has 84 valence electrons. The van der Waals surface area contributed by atoms with Crippen LogP contribution in [0.3, 0.4) is 0 Å². The lowest BCUT2D eigenvalue weighted by molar-refractivity contribution is 0.260. The first-order chi connectivity index (χ1) is 7.30. The molecule has 0 aliphatic rings. The zero-order chi connectivity index (χ0) is 11.1. The van der Waals surface area contributed by atoms with Gasteiger partial charge in [-0.05, 0) is 30.5 Å². The summed E-state index contributed by atoms with van der Waals surface area (Å²) in [6, 6.07) is 8.37. The van der Waals surface area contributed by atoms with Crippen molar-refractivity contribution in [2.24, 2.45) is 5.92 Å². The SMILES string of the molecule is CCc1ccc(OCC(CC)CBr)cc1. The van der Waals surface area contributed by atoms with E-state index in [9.17, 15) is 0 Å². The molecule has 0 spiro atoms. The lowest BCUT2D eigenvalue weighted by Gasteiger charge is -2.13. The van der Waals surface area contributed by atoms with Crippen molar-refractivity contribution in [2.75, 3.05) is 11.9 Å². The molecular weight excluding hydrogens is 252 g/mol. The summed E-state index contributed by atoms with van der Waals surface area (Å²) < 4.78 is 5.72. The molecule has 1 atom stereocenters. The predicted octanol–water partition coefficient (Wildman–Crippen LogP) is 4.05. The van der Waals surface area contributed by atoms with Gasteiger partial charge in [0.25, 0.3) is 0 Å². The van der Waals surface area contributed by atoms with Gasteiger partial charge in [0, 0.05) is 11.2 Å². The third-order valence-corrected chi connectivity index (χ3v) is 3.53. The summed E-state index contributed by atoms with van der Waals surface area (Å²) in [6.07, 6.45) is 2.23. The van der Waals surface area contributed by atoms with Gasteiger partial charge < -0.3 is 4.74 Å². The van der Waals surface area contributed by atoms with Crippen molar-refractivity contribution in [3.05, 3.63) is 29.8 Å². The van der Waals surface area contributed by atoms with Crippen LogP contribution in [-0.2, 0) is 6.42 Å². The lowest BCUT2D eigenvalue weighted by atomic mass is 10.1. The van der Waals surface area contributed by atoms with Gasteiger partial charge in [-0.1, -0.05) is 41.9 Å². The molecule has 1 nitrogen and oxygen atoms in total. The molecule has 0 saturated heterocycles. The Balaban J connectivity index is 2.43. The van der Waals surface area contributed by atoms with Gasteiger partial charge in [-0.15, -0.1) is 0 Å². The van der Waals surface area contributed by atoms with Crippen molar-refractivity contribution in [3.63, 3.8) is 0 Å². The van der Waals surface area contributed by atoms with E-state index >= 15 is 0 Å². The van der Waals surface area contributed by atoms with Crippen LogP contribution in [0.2, 0.25) is 0 Å². The first-order valence-electron chi connectivity index (χ1n) is 5.57. The molecule has 0 amide bonds. The van der Waals surface area contributed by atoms with E-state index in [4.69, 9.17) is 4.74 Å². The smallest absolute Gasteiger partial charge is 0.119 e. The van der Waals surface area contributed by atoms with Crippen LogP contribution in [0.25, 0.3) is 0 Å². The minimum absolute atomic E-state index is 0.607. The fraction of sp³-hybridized carbons (Fsp3) is 0.538. The van der Waals surface area contributed by atoms with E-state index in [2.05, 4.69) is 54.0 Å². The highest BCUT2D eigenvalue weighted by atomic mass is 79.9. The molecule has 0 aliphatic heterocycles. The Morgan fingerprint density at radius 1 is 1.20 bits per heavy atom. The quantitative estimate of drug-likeness (QED) is 0.709. The Morgan fingerprint density at radius 2 is 1.87 bits per heavy atom. The van der Waals surface area contributed by atoms with Crippen LogP contribution in [-0.4, -0.2) is 11.9 Å². The van der Waals surface area contributed by atoms with Crippen molar-refractivity contribution < 1.29 is 4.74 Å². The monoisotopic (exact) mass is 270 g/mol. The summed E-state index contributed by atoms with van der Waals surface area (Å²) in [5.74, 6) is 1.59. The Kier molecular flexibility index (Phi) is 5.77. The van der Waals surface area contributed by atoms with E-state index in [0.717, 1.165) is 30.5 Å². The third kappa shape index (κ3) is 4.25.